The van der Waals surface area contributed by atoms with Crippen molar-refractivity contribution in [2.75, 3.05) is 13.6 Å². The smallest absolute Gasteiger partial charge is 0.168 e. The molecule has 1 aromatic rings. The molecule has 0 saturated carbocycles. The van der Waals surface area contributed by atoms with Gasteiger partial charge in [-0.25, -0.2) is 0 Å². The van der Waals surface area contributed by atoms with Crippen LogP contribution in [0, 0.1) is 0 Å². The summed E-state index contributed by atoms with van der Waals surface area (Å²) in [5.41, 5.74) is 1.25. The summed E-state index contributed by atoms with van der Waals surface area (Å²) < 4.78 is 1.10. The molecule has 0 radical (unpaired) electrons. The van der Waals surface area contributed by atoms with Crippen molar-refractivity contribution < 1.29 is 0 Å². The maximum atomic E-state index is 5.21. The average Bonchev–Trinajstić information content (AvgIpc) is 2.22. The first-order chi connectivity index (χ1) is 7.13. The van der Waals surface area contributed by atoms with Crippen LogP contribution in [0.3, 0.4) is 0 Å². The monoisotopic (exact) mass is 286 g/mol. The highest BCUT2D eigenvalue weighted by molar-refractivity contribution is 9.10. The summed E-state index contributed by atoms with van der Waals surface area (Å²) >= 11 is 8.62. The van der Waals surface area contributed by atoms with Gasteiger partial charge in [0.25, 0.3) is 0 Å². The fourth-order valence-electron chi connectivity index (χ4n) is 1.22. The third-order valence-electron chi connectivity index (χ3n) is 2.01. The zero-order valence-electron chi connectivity index (χ0n) is 8.96. The first-order valence-corrected chi connectivity index (χ1v) is 6.07. The highest BCUT2D eigenvalue weighted by Crippen LogP contribution is 2.11. The molecule has 0 aliphatic heterocycles. The van der Waals surface area contributed by atoms with Crippen LogP contribution in [0.1, 0.15) is 12.5 Å². The van der Waals surface area contributed by atoms with Crippen molar-refractivity contribution in [3.63, 3.8) is 0 Å². The first kappa shape index (κ1) is 12.5. The molecular weight excluding hydrogens is 272 g/mol. The maximum Gasteiger partial charge on any atom is 0.168 e. The Morgan fingerprint density at radius 3 is 2.53 bits per heavy atom. The van der Waals surface area contributed by atoms with E-state index in [0.717, 1.165) is 22.7 Å². The molecule has 0 amide bonds. The fraction of sp³-hybridized carbons (Fsp3) is 0.364. The molecule has 0 fully saturated rings. The molecule has 0 aliphatic carbocycles. The molecule has 1 N–H and O–H groups in total. The van der Waals surface area contributed by atoms with Crippen molar-refractivity contribution in [2.24, 2.45) is 0 Å². The van der Waals surface area contributed by atoms with E-state index in [4.69, 9.17) is 12.2 Å². The standard InChI is InChI=1S/C11H15BrN2S/c1-3-13-11(15)14(2)8-9-4-6-10(12)7-5-9/h4-7H,3,8H2,1-2H3,(H,13,15). The summed E-state index contributed by atoms with van der Waals surface area (Å²) in [6, 6.07) is 8.27. The van der Waals surface area contributed by atoms with Crippen LogP contribution in [0.2, 0.25) is 0 Å². The van der Waals surface area contributed by atoms with Crippen LogP contribution in [0.15, 0.2) is 28.7 Å². The van der Waals surface area contributed by atoms with E-state index in [2.05, 4.69) is 33.4 Å². The van der Waals surface area contributed by atoms with Crippen molar-refractivity contribution in [2.45, 2.75) is 13.5 Å². The van der Waals surface area contributed by atoms with Crippen LogP contribution in [0.25, 0.3) is 0 Å². The Kier molecular flexibility index (Phi) is 5.05. The van der Waals surface area contributed by atoms with Gasteiger partial charge in [-0.3, -0.25) is 0 Å². The van der Waals surface area contributed by atoms with E-state index in [1.54, 1.807) is 0 Å². The molecule has 2 nitrogen and oxygen atoms in total. The zero-order valence-corrected chi connectivity index (χ0v) is 11.4. The summed E-state index contributed by atoms with van der Waals surface area (Å²) in [5, 5.41) is 3.92. The Morgan fingerprint density at radius 1 is 1.40 bits per heavy atom. The van der Waals surface area contributed by atoms with Gasteiger partial charge in [0.1, 0.15) is 0 Å². The zero-order chi connectivity index (χ0) is 11.3. The second-order valence-electron chi connectivity index (χ2n) is 3.32. The van der Waals surface area contributed by atoms with Crippen molar-refractivity contribution >= 4 is 33.3 Å². The van der Waals surface area contributed by atoms with E-state index < -0.39 is 0 Å². The molecule has 0 aliphatic rings. The van der Waals surface area contributed by atoms with E-state index in [9.17, 15) is 0 Å². The average molecular weight is 287 g/mol. The van der Waals surface area contributed by atoms with E-state index in [1.807, 2.05) is 31.0 Å². The van der Waals surface area contributed by atoms with Crippen LogP contribution < -0.4 is 5.32 Å². The molecule has 0 saturated heterocycles. The summed E-state index contributed by atoms with van der Waals surface area (Å²) in [4.78, 5) is 2.03. The van der Waals surface area contributed by atoms with Gasteiger partial charge in [0, 0.05) is 24.6 Å². The summed E-state index contributed by atoms with van der Waals surface area (Å²) in [6.45, 7) is 3.74. The molecule has 1 aromatic carbocycles. The minimum absolute atomic E-state index is 0.792. The Bertz CT molecular complexity index is 324. The molecule has 15 heavy (non-hydrogen) atoms. The van der Waals surface area contributed by atoms with Gasteiger partial charge in [-0.05, 0) is 36.8 Å². The molecule has 82 valence electrons. The topological polar surface area (TPSA) is 15.3 Å². The van der Waals surface area contributed by atoms with E-state index in [1.165, 1.54) is 5.56 Å². The molecule has 0 bridgehead atoms. The number of hydrogen-bond acceptors (Lipinski definition) is 1. The first-order valence-electron chi connectivity index (χ1n) is 4.87. The van der Waals surface area contributed by atoms with Gasteiger partial charge in [0.2, 0.25) is 0 Å². The summed E-state index contributed by atoms with van der Waals surface area (Å²) in [5.74, 6) is 0. The highest BCUT2D eigenvalue weighted by Gasteiger charge is 2.03. The van der Waals surface area contributed by atoms with Crippen molar-refractivity contribution in [3.8, 4) is 0 Å². The van der Waals surface area contributed by atoms with Crippen molar-refractivity contribution in [1.29, 1.82) is 0 Å². The maximum absolute atomic E-state index is 5.21. The normalized spacial score (nSPS) is 9.80. The SMILES string of the molecule is CCNC(=S)N(C)Cc1ccc(Br)cc1. The van der Waals surface area contributed by atoms with Gasteiger partial charge in [-0.1, -0.05) is 28.1 Å². The van der Waals surface area contributed by atoms with Gasteiger partial charge in [0.05, 0.1) is 0 Å². The number of hydrogen-bond donors (Lipinski definition) is 1. The van der Waals surface area contributed by atoms with E-state index >= 15 is 0 Å². The van der Waals surface area contributed by atoms with Crippen LogP contribution >= 0.6 is 28.1 Å². The van der Waals surface area contributed by atoms with E-state index in [-0.39, 0.29) is 0 Å². The molecule has 0 spiro atoms. The van der Waals surface area contributed by atoms with Gasteiger partial charge < -0.3 is 10.2 Å². The Labute approximate surface area is 105 Å². The van der Waals surface area contributed by atoms with Crippen LogP contribution in [-0.4, -0.2) is 23.6 Å². The van der Waals surface area contributed by atoms with Gasteiger partial charge in [-0.2, -0.15) is 0 Å². The minimum Gasteiger partial charge on any atom is -0.363 e. The number of halogens is 1. The Balaban J connectivity index is 2.54. The Hall–Kier alpha value is -0.610. The molecule has 0 atom stereocenters. The molecular formula is C11H15BrN2S. The molecule has 4 heteroatoms. The number of thiocarbonyl (C=S) groups is 1. The van der Waals surface area contributed by atoms with Gasteiger partial charge in [0.15, 0.2) is 5.11 Å². The second kappa shape index (κ2) is 6.08. The lowest BCUT2D eigenvalue weighted by Gasteiger charge is -2.20. The molecule has 1 rings (SSSR count). The number of benzene rings is 1. The Morgan fingerprint density at radius 2 is 2.00 bits per heavy atom. The van der Waals surface area contributed by atoms with Crippen LogP contribution in [0.5, 0.6) is 0 Å². The fourth-order valence-corrected chi connectivity index (χ4v) is 1.69. The third-order valence-corrected chi connectivity index (χ3v) is 2.99. The van der Waals surface area contributed by atoms with Crippen LogP contribution in [-0.2, 0) is 6.54 Å². The number of rotatable bonds is 3. The lowest BCUT2D eigenvalue weighted by molar-refractivity contribution is 0.491. The van der Waals surface area contributed by atoms with Crippen molar-refractivity contribution in [1.82, 2.24) is 10.2 Å². The van der Waals surface area contributed by atoms with Gasteiger partial charge in [-0.15, -0.1) is 0 Å². The molecule has 0 heterocycles. The van der Waals surface area contributed by atoms with E-state index in [0.29, 0.717) is 0 Å². The number of nitrogens with zero attached hydrogens (tertiary/aromatic N) is 1. The predicted molar refractivity (Wildman–Crippen MR) is 71.9 cm³/mol. The summed E-state index contributed by atoms with van der Waals surface area (Å²) in [6.07, 6.45) is 0. The molecule has 0 unspecified atom stereocenters. The second-order valence-corrected chi connectivity index (χ2v) is 4.62. The minimum atomic E-state index is 0.792. The largest absolute Gasteiger partial charge is 0.363 e. The number of nitrogens with one attached hydrogen (secondary N) is 1. The summed E-state index contributed by atoms with van der Waals surface area (Å²) in [7, 11) is 1.99. The molecule has 0 aromatic heterocycles. The van der Waals surface area contributed by atoms with Crippen LogP contribution in [0.4, 0.5) is 0 Å². The lowest BCUT2D eigenvalue weighted by atomic mass is 10.2. The van der Waals surface area contributed by atoms with Crippen molar-refractivity contribution in [3.05, 3.63) is 34.3 Å². The third kappa shape index (κ3) is 4.18. The van der Waals surface area contributed by atoms with Gasteiger partial charge >= 0.3 is 0 Å². The lowest BCUT2D eigenvalue weighted by Crippen LogP contribution is -2.36. The highest BCUT2D eigenvalue weighted by atomic mass is 79.9. The predicted octanol–water partition coefficient (Wildman–Crippen LogP) is 2.78. The quantitative estimate of drug-likeness (QED) is 0.861.